The molecule has 2 aliphatic heterocycles. The molecule has 244 valence electrons. The van der Waals surface area contributed by atoms with E-state index >= 15 is 0 Å². The van der Waals surface area contributed by atoms with E-state index in [9.17, 15) is 14.4 Å². The molecule has 47 heavy (non-hydrogen) atoms. The molecule has 2 amide bonds. The number of aromatic nitrogens is 1. The van der Waals surface area contributed by atoms with Crippen molar-refractivity contribution in [2.75, 3.05) is 56.1 Å². The lowest BCUT2D eigenvalue weighted by Crippen LogP contribution is -2.47. The first kappa shape index (κ1) is 31.7. The van der Waals surface area contributed by atoms with Crippen LogP contribution in [0, 0.1) is 12.8 Å². The molecule has 3 aromatic carbocycles. The molecule has 0 spiro atoms. The third-order valence-corrected chi connectivity index (χ3v) is 9.11. The molecule has 1 N–H and O–H groups in total. The quantitative estimate of drug-likeness (QED) is 0.251. The Morgan fingerprint density at radius 3 is 2.30 bits per heavy atom. The van der Waals surface area contributed by atoms with Crippen molar-refractivity contribution in [1.82, 2.24) is 4.57 Å². The zero-order chi connectivity index (χ0) is 33.2. The minimum atomic E-state index is -0.393. The second-order valence-corrected chi connectivity index (χ2v) is 12.1. The van der Waals surface area contributed by atoms with E-state index in [2.05, 4.69) is 10.2 Å². The summed E-state index contributed by atoms with van der Waals surface area (Å²) in [4.78, 5) is 44.5. The fraction of sp³-hybridized carbons (Fsp3) is 0.324. The highest BCUT2D eigenvalue weighted by atomic mass is 16.5. The number of fused-ring (bicyclic) bond motifs is 4. The Bertz CT molecular complexity index is 1860. The lowest BCUT2D eigenvalue weighted by atomic mass is 9.83. The van der Waals surface area contributed by atoms with Crippen LogP contribution in [0.2, 0.25) is 0 Å². The molecule has 10 heteroatoms. The number of amides is 2. The molecule has 0 radical (unpaired) electrons. The van der Waals surface area contributed by atoms with Gasteiger partial charge in [0.25, 0.3) is 17.4 Å². The monoisotopic (exact) mass is 636 g/mol. The SMILES string of the molecule is CCN(C(=O)c1ccc(N2CC3CC(C2)c2cccc(=O)n2C3)c(NC(=O)c2cc(OC)c(OC)c(OC)c2)c1)c1cccc(C)c1. The Morgan fingerprint density at radius 1 is 0.872 bits per heavy atom. The summed E-state index contributed by atoms with van der Waals surface area (Å²) < 4.78 is 18.3. The topological polar surface area (TPSA) is 102 Å². The maximum absolute atomic E-state index is 14.0. The predicted molar refractivity (Wildman–Crippen MR) is 183 cm³/mol. The number of benzene rings is 3. The minimum Gasteiger partial charge on any atom is -0.493 e. The van der Waals surface area contributed by atoms with Gasteiger partial charge in [0.05, 0.1) is 32.7 Å². The van der Waals surface area contributed by atoms with Crippen LogP contribution in [0.15, 0.2) is 77.6 Å². The molecule has 2 bridgehead atoms. The summed E-state index contributed by atoms with van der Waals surface area (Å²) in [5.41, 5.74) is 5.00. The zero-order valence-corrected chi connectivity index (χ0v) is 27.4. The van der Waals surface area contributed by atoms with Crippen molar-refractivity contribution in [3.8, 4) is 17.2 Å². The molecule has 2 aliphatic rings. The van der Waals surface area contributed by atoms with E-state index < -0.39 is 5.91 Å². The zero-order valence-electron chi connectivity index (χ0n) is 27.4. The van der Waals surface area contributed by atoms with Crippen LogP contribution in [0.3, 0.4) is 0 Å². The van der Waals surface area contributed by atoms with Crippen LogP contribution in [0.4, 0.5) is 17.1 Å². The van der Waals surface area contributed by atoms with Gasteiger partial charge in [-0.1, -0.05) is 18.2 Å². The van der Waals surface area contributed by atoms with Gasteiger partial charge in [-0.2, -0.15) is 0 Å². The molecule has 1 aromatic heterocycles. The van der Waals surface area contributed by atoms with Crippen molar-refractivity contribution in [3.05, 3.63) is 106 Å². The fourth-order valence-electron chi connectivity index (χ4n) is 6.94. The summed E-state index contributed by atoms with van der Waals surface area (Å²) >= 11 is 0. The number of methoxy groups -OCH3 is 3. The molecule has 1 fully saturated rings. The van der Waals surface area contributed by atoms with Crippen LogP contribution >= 0.6 is 0 Å². The molecule has 4 aromatic rings. The van der Waals surface area contributed by atoms with E-state index in [0.717, 1.165) is 29.1 Å². The summed E-state index contributed by atoms with van der Waals surface area (Å²) in [7, 11) is 4.51. The summed E-state index contributed by atoms with van der Waals surface area (Å²) in [6.07, 6.45) is 0.992. The number of carbonyl (C=O) groups excluding carboxylic acids is 2. The maximum atomic E-state index is 14.0. The molecule has 2 atom stereocenters. The average Bonchev–Trinajstić information content (AvgIpc) is 3.08. The molecular formula is C37H40N4O6. The van der Waals surface area contributed by atoms with Gasteiger partial charge in [-0.15, -0.1) is 0 Å². The first-order valence-corrected chi connectivity index (χ1v) is 15.8. The van der Waals surface area contributed by atoms with Crippen molar-refractivity contribution in [1.29, 1.82) is 0 Å². The third-order valence-electron chi connectivity index (χ3n) is 9.11. The smallest absolute Gasteiger partial charge is 0.258 e. The summed E-state index contributed by atoms with van der Waals surface area (Å²) in [5, 5.41) is 3.10. The van der Waals surface area contributed by atoms with E-state index in [-0.39, 0.29) is 23.3 Å². The third kappa shape index (κ3) is 6.15. The van der Waals surface area contributed by atoms with Crippen molar-refractivity contribution in [2.24, 2.45) is 5.92 Å². The number of hydrogen-bond donors (Lipinski definition) is 1. The van der Waals surface area contributed by atoms with Crippen LogP contribution in [0.1, 0.15) is 51.2 Å². The normalized spacial score (nSPS) is 16.6. The standard InChI is InChI=1S/C37H40N4O6/c1-6-40(28-10-7-9-23(2)15-28)37(44)25-13-14-31(39-20-24-16-27(22-39)30-11-8-12-34(42)41(30)21-24)29(17-25)38-36(43)26-18-32(45-3)35(47-5)33(19-26)46-4/h7-15,17-19,24,27H,6,16,20-22H2,1-5H3,(H,38,43). The Labute approximate surface area is 274 Å². The van der Waals surface area contributed by atoms with Crippen molar-refractivity contribution in [3.63, 3.8) is 0 Å². The number of piperidine rings is 1. The highest BCUT2D eigenvalue weighted by molar-refractivity contribution is 6.10. The van der Waals surface area contributed by atoms with E-state index in [1.165, 1.54) is 21.3 Å². The second kappa shape index (κ2) is 13.2. The van der Waals surface area contributed by atoms with Gasteiger partial charge < -0.3 is 33.9 Å². The number of hydrogen-bond acceptors (Lipinski definition) is 7. The number of nitrogens with zero attached hydrogens (tertiary/aromatic N) is 3. The van der Waals surface area contributed by atoms with Crippen LogP contribution in [-0.2, 0) is 6.54 Å². The number of ether oxygens (including phenoxy) is 3. The first-order chi connectivity index (χ1) is 22.7. The second-order valence-electron chi connectivity index (χ2n) is 12.1. The number of carbonyl (C=O) groups is 2. The fourth-order valence-corrected chi connectivity index (χ4v) is 6.94. The number of aryl methyl sites for hydroxylation is 1. The highest BCUT2D eigenvalue weighted by Crippen LogP contribution is 2.41. The van der Waals surface area contributed by atoms with Gasteiger partial charge in [0.1, 0.15) is 0 Å². The summed E-state index contributed by atoms with van der Waals surface area (Å²) in [6, 6.07) is 22.0. The van der Waals surface area contributed by atoms with Gasteiger partial charge in [0.15, 0.2) is 11.5 Å². The van der Waals surface area contributed by atoms with E-state index in [1.807, 2.05) is 66.9 Å². The maximum Gasteiger partial charge on any atom is 0.258 e. The molecule has 3 heterocycles. The lowest BCUT2D eigenvalue weighted by Gasteiger charge is -2.44. The van der Waals surface area contributed by atoms with Crippen molar-refractivity contribution in [2.45, 2.75) is 32.7 Å². The Morgan fingerprint density at radius 2 is 1.62 bits per heavy atom. The van der Waals surface area contributed by atoms with Crippen LogP contribution in [-0.4, -0.2) is 57.3 Å². The number of nitrogens with one attached hydrogen (secondary N) is 1. The van der Waals surface area contributed by atoms with Gasteiger partial charge in [-0.05, 0) is 80.3 Å². The summed E-state index contributed by atoms with van der Waals surface area (Å²) in [6.45, 7) is 6.44. The molecule has 2 unspecified atom stereocenters. The van der Waals surface area contributed by atoms with Crippen LogP contribution < -0.4 is 34.9 Å². The average molecular weight is 637 g/mol. The lowest BCUT2D eigenvalue weighted by molar-refractivity contribution is 0.0985. The molecule has 0 saturated carbocycles. The van der Waals surface area contributed by atoms with E-state index in [1.54, 1.807) is 29.2 Å². The van der Waals surface area contributed by atoms with Gasteiger partial charge in [-0.25, -0.2) is 0 Å². The van der Waals surface area contributed by atoms with Gasteiger partial charge >= 0.3 is 0 Å². The van der Waals surface area contributed by atoms with E-state index in [4.69, 9.17) is 14.2 Å². The largest absolute Gasteiger partial charge is 0.493 e. The Hall–Kier alpha value is -5.25. The van der Waals surface area contributed by atoms with Gasteiger partial charge in [0.2, 0.25) is 5.75 Å². The van der Waals surface area contributed by atoms with Crippen LogP contribution in [0.5, 0.6) is 17.2 Å². The molecule has 6 rings (SSSR count). The number of pyridine rings is 1. The van der Waals surface area contributed by atoms with Crippen LogP contribution in [0.25, 0.3) is 0 Å². The molecule has 1 saturated heterocycles. The van der Waals surface area contributed by atoms with Gasteiger partial charge in [0, 0.05) is 60.7 Å². The summed E-state index contributed by atoms with van der Waals surface area (Å²) in [5.74, 6) is 0.958. The highest BCUT2D eigenvalue weighted by Gasteiger charge is 2.35. The minimum absolute atomic E-state index is 0.0286. The van der Waals surface area contributed by atoms with Gasteiger partial charge in [-0.3, -0.25) is 14.4 Å². The Kier molecular flexibility index (Phi) is 8.93. The number of rotatable bonds is 9. The van der Waals surface area contributed by atoms with Crippen molar-refractivity contribution >= 4 is 28.9 Å². The Balaban J connectivity index is 1.39. The van der Waals surface area contributed by atoms with E-state index in [0.29, 0.717) is 60.2 Å². The molecular weight excluding hydrogens is 596 g/mol. The molecule has 10 nitrogen and oxygen atoms in total. The predicted octanol–water partition coefficient (Wildman–Crippen LogP) is 5.73. The first-order valence-electron chi connectivity index (χ1n) is 15.8. The molecule has 0 aliphatic carbocycles. The number of anilines is 3. The van der Waals surface area contributed by atoms with Crippen molar-refractivity contribution < 1.29 is 23.8 Å².